The highest BCUT2D eigenvalue weighted by atomic mass is 14.2. The van der Waals surface area contributed by atoms with Crippen molar-refractivity contribution in [3.8, 4) is 0 Å². The first kappa shape index (κ1) is 11.8. The highest BCUT2D eigenvalue weighted by Crippen LogP contribution is 2.42. The van der Waals surface area contributed by atoms with Crippen molar-refractivity contribution in [1.82, 2.24) is 0 Å². The maximum absolute atomic E-state index is 8.76. The van der Waals surface area contributed by atoms with Gasteiger partial charge in [-0.3, -0.25) is 0 Å². The van der Waals surface area contributed by atoms with Crippen LogP contribution in [0.4, 0.5) is 0 Å². The van der Waals surface area contributed by atoms with Crippen molar-refractivity contribution in [2.24, 2.45) is 0 Å². The van der Waals surface area contributed by atoms with E-state index in [0.717, 1.165) is 27.8 Å². The molecule has 0 bridgehead atoms. The van der Waals surface area contributed by atoms with Gasteiger partial charge in [-0.2, -0.15) is 0 Å². The lowest BCUT2D eigenvalue weighted by molar-refractivity contribution is 1.60. The Balaban J connectivity index is 1.96. The van der Waals surface area contributed by atoms with E-state index in [2.05, 4.69) is 30.3 Å². The van der Waals surface area contributed by atoms with E-state index in [-0.39, 0.29) is 0 Å². The minimum absolute atomic E-state index is 0.575. The van der Waals surface area contributed by atoms with Crippen LogP contribution >= 0.6 is 0 Å². The van der Waals surface area contributed by atoms with Gasteiger partial charge in [-0.05, 0) is 45.5 Å². The van der Waals surface area contributed by atoms with Crippen LogP contribution in [0.1, 0.15) is 23.6 Å². The highest BCUT2D eigenvalue weighted by molar-refractivity contribution is 6.21. The molecule has 0 aromatic heterocycles. The largest absolute Gasteiger partial charge is 0.0636 e. The maximum Gasteiger partial charge on any atom is 0.0636 e. The van der Waals surface area contributed by atoms with E-state index in [9.17, 15) is 0 Å². The molecular weight excluding hydrogens is 264 g/mol. The van der Waals surface area contributed by atoms with Crippen LogP contribution in [-0.2, 0) is 0 Å². The normalized spacial score (nSPS) is 15.8. The van der Waals surface area contributed by atoms with E-state index in [4.69, 9.17) is 1.37 Å². The molecule has 0 saturated heterocycles. The summed E-state index contributed by atoms with van der Waals surface area (Å²) in [6, 6.07) is 29.2. The van der Waals surface area contributed by atoms with Crippen molar-refractivity contribution in [3.05, 3.63) is 107 Å². The van der Waals surface area contributed by atoms with Gasteiger partial charge in [0.2, 0.25) is 0 Å². The van der Waals surface area contributed by atoms with E-state index < -0.39 is 0 Å². The molecule has 0 heterocycles. The molecule has 4 rings (SSSR count). The van der Waals surface area contributed by atoms with Gasteiger partial charge in [0.05, 0.1) is 1.37 Å². The molecule has 104 valence electrons. The van der Waals surface area contributed by atoms with Crippen LogP contribution in [0, 0.1) is 0 Å². The second-order valence-electron chi connectivity index (χ2n) is 5.38. The fraction of sp³-hybridized carbons (Fsp3) is 0. The summed E-state index contributed by atoms with van der Waals surface area (Å²) in [5, 5.41) is 0. The van der Waals surface area contributed by atoms with Crippen molar-refractivity contribution in [3.63, 3.8) is 0 Å². The minimum Gasteiger partial charge on any atom is -0.0622 e. The van der Waals surface area contributed by atoms with Crippen LogP contribution in [0.2, 0.25) is 0 Å². The quantitative estimate of drug-likeness (QED) is 0.558. The molecule has 1 aliphatic carbocycles. The first-order chi connectivity index (χ1) is 11.3. The molecule has 0 atom stereocenters. The molecule has 0 amide bonds. The molecule has 1 aliphatic rings. The second kappa shape index (κ2) is 5.50. The summed E-state index contributed by atoms with van der Waals surface area (Å²) in [7, 11) is 0. The Morgan fingerprint density at radius 3 is 2.09 bits per heavy atom. The first-order valence-electron chi connectivity index (χ1n) is 7.98. The molecule has 0 spiro atoms. The Morgan fingerprint density at radius 1 is 0.682 bits per heavy atom. The van der Waals surface area contributed by atoms with Gasteiger partial charge in [0, 0.05) is 0 Å². The lowest BCUT2D eigenvalue weighted by Gasteiger charge is -2.08. The number of rotatable bonds is 2. The Bertz CT molecular complexity index is 903. The monoisotopic (exact) mass is 281 g/mol. The van der Waals surface area contributed by atoms with Gasteiger partial charge >= 0.3 is 0 Å². The summed E-state index contributed by atoms with van der Waals surface area (Å²) >= 11 is 0. The van der Waals surface area contributed by atoms with Crippen molar-refractivity contribution in [1.29, 1.82) is 0 Å². The zero-order valence-corrected chi connectivity index (χ0v) is 12.2. The molecule has 0 nitrogen and oxygen atoms in total. The van der Waals surface area contributed by atoms with Crippen LogP contribution in [0.3, 0.4) is 0 Å². The molecule has 3 aromatic carbocycles. The summed E-state index contributed by atoms with van der Waals surface area (Å²) in [5.74, 6) is 0. The summed E-state index contributed by atoms with van der Waals surface area (Å²) in [6.07, 6.45) is 2.19. The van der Waals surface area contributed by atoms with Crippen molar-refractivity contribution in [2.75, 3.05) is 0 Å². The van der Waals surface area contributed by atoms with E-state index in [1.807, 2.05) is 60.7 Å². The Morgan fingerprint density at radius 2 is 1.32 bits per heavy atom. The summed E-state index contributed by atoms with van der Waals surface area (Å²) in [5.41, 5.74) is 6.56. The van der Waals surface area contributed by atoms with E-state index in [1.165, 1.54) is 5.56 Å². The molecule has 3 aromatic rings. The highest BCUT2D eigenvalue weighted by Gasteiger charge is 2.19. The molecule has 22 heavy (non-hydrogen) atoms. The molecule has 0 radical (unpaired) electrons. The Kier molecular flexibility index (Phi) is 2.94. The summed E-state index contributed by atoms with van der Waals surface area (Å²) < 4.78 is 8.76. The van der Waals surface area contributed by atoms with Gasteiger partial charge in [-0.25, -0.2) is 0 Å². The predicted octanol–water partition coefficient (Wildman–Crippen LogP) is 5.78. The third-order valence-electron chi connectivity index (χ3n) is 3.93. The fourth-order valence-corrected chi connectivity index (χ4v) is 2.87. The van der Waals surface area contributed by atoms with Crippen LogP contribution < -0.4 is 0 Å². The second-order valence-corrected chi connectivity index (χ2v) is 5.38. The van der Waals surface area contributed by atoms with Crippen molar-refractivity contribution in [2.45, 2.75) is 0 Å². The zero-order chi connectivity index (χ0) is 15.6. The Hall–Kier alpha value is -2.86. The zero-order valence-electron chi connectivity index (χ0n) is 13.2. The van der Waals surface area contributed by atoms with Crippen molar-refractivity contribution < 1.29 is 1.37 Å². The molecule has 0 saturated carbocycles. The van der Waals surface area contributed by atoms with Gasteiger partial charge in [-0.1, -0.05) is 84.9 Å². The van der Waals surface area contributed by atoms with Gasteiger partial charge in [0.25, 0.3) is 0 Å². The van der Waals surface area contributed by atoms with Gasteiger partial charge in [0.15, 0.2) is 0 Å². The number of hydrogen-bond acceptors (Lipinski definition) is 0. The van der Waals surface area contributed by atoms with Crippen LogP contribution in [0.15, 0.2) is 84.9 Å². The molecule has 0 aliphatic heterocycles. The number of allylic oxidation sites excluding steroid dienone is 2. The molecule has 0 N–H and O–H groups in total. The molecule has 0 fully saturated rings. The smallest absolute Gasteiger partial charge is 0.0622 e. The lowest BCUT2D eigenvalue weighted by Crippen LogP contribution is -1.86. The topological polar surface area (TPSA) is 0 Å². The first-order valence-corrected chi connectivity index (χ1v) is 7.48. The van der Waals surface area contributed by atoms with Crippen LogP contribution in [0.25, 0.3) is 23.3 Å². The van der Waals surface area contributed by atoms with E-state index >= 15 is 0 Å². The van der Waals surface area contributed by atoms with Crippen LogP contribution in [-0.4, -0.2) is 0 Å². The van der Waals surface area contributed by atoms with Gasteiger partial charge < -0.3 is 0 Å². The lowest BCUT2D eigenvalue weighted by atomic mass is 9.95. The summed E-state index contributed by atoms with van der Waals surface area (Å²) in [6.45, 7) is 0. The van der Waals surface area contributed by atoms with E-state index in [1.54, 1.807) is 0 Å². The number of fused-ring (bicyclic) bond motifs is 1. The summed E-state index contributed by atoms with van der Waals surface area (Å²) in [4.78, 5) is 0. The van der Waals surface area contributed by atoms with Crippen LogP contribution in [0.5, 0.6) is 0 Å². The fourth-order valence-electron chi connectivity index (χ4n) is 2.87. The number of benzene rings is 3. The molecular formula is C22H16. The standard InChI is InChI=1S/C22H16/c1-3-9-17(10-4-1)15-22-20-14-8-7-13-19(20)16-21(22)18-11-5-2-6-12-18/h1-16H/b22-15+/i15D. The Labute approximate surface area is 132 Å². The van der Waals surface area contributed by atoms with E-state index in [0.29, 0.717) is 6.05 Å². The van der Waals surface area contributed by atoms with Gasteiger partial charge in [-0.15, -0.1) is 0 Å². The molecule has 0 heteroatoms. The minimum atomic E-state index is 0.575. The average Bonchev–Trinajstić information content (AvgIpc) is 3.02. The number of hydrogen-bond donors (Lipinski definition) is 0. The third kappa shape index (κ3) is 2.29. The molecule has 0 unspecified atom stereocenters. The van der Waals surface area contributed by atoms with Gasteiger partial charge in [0.1, 0.15) is 0 Å². The predicted molar refractivity (Wildman–Crippen MR) is 95.1 cm³/mol. The third-order valence-corrected chi connectivity index (χ3v) is 3.93. The van der Waals surface area contributed by atoms with Crippen molar-refractivity contribution >= 4 is 23.3 Å². The average molecular weight is 281 g/mol. The maximum atomic E-state index is 8.76. The SMILES string of the molecule is [2H]/C(=C1\C(c2ccccc2)=Cc2ccccc21)c1ccccc1.